The van der Waals surface area contributed by atoms with E-state index in [4.69, 9.17) is 5.73 Å². The normalized spacial score (nSPS) is 13.9. The molecule has 3 heterocycles. The number of pyridine rings is 1. The Morgan fingerprint density at radius 1 is 1.13 bits per heavy atom. The van der Waals surface area contributed by atoms with Crippen LogP contribution in [-0.2, 0) is 6.42 Å². The van der Waals surface area contributed by atoms with E-state index < -0.39 is 6.43 Å². The average molecular weight is 428 g/mol. The summed E-state index contributed by atoms with van der Waals surface area (Å²) in [5.74, 6) is 0.475. The Balaban J connectivity index is 1.34. The summed E-state index contributed by atoms with van der Waals surface area (Å²) in [4.78, 5) is 26.4. The smallest absolute Gasteiger partial charge is 0.323 e. The summed E-state index contributed by atoms with van der Waals surface area (Å²) >= 11 is 0. The minimum absolute atomic E-state index is 0.138. The van der Waals surface area contributed by atoms with Gasteiger partial charge in [0.1, 0.15) is 11.6 Å². The quantitative estimate of drug-likeness (QED) is 0.642. The summed E-state index contributed by atoms with van der Waals surface area (Å²) < 4.78 is 38.3. The summed E-state index contributed by atoms with van der Waals surface area (Å²) in [6.45, 7) is 0.951. The van der Waals surface area contributed by atoms with E-state index in [9.17, 15) is 18.0 Å². The number of hydrogen-bond donors (Lipinski definition) is 2. The Hall–Kier alpha value is -3.69. The van der Waals surface area contributed by atoms with Crippen LogP contribution in [0.4, 0.5) is 29.5 Å². The summed E-state index contributed by atoms with van der Waals surface area (Å²) in [5.41, 5.74) is 7.27. The van der Waals surface area contributed by atoms with Crippen molar-refractivity contribution in [3.05, 3.63) is 66.0 Å². The molecule has 0 saturated carbocycles. The highest BCUT2D eigenvalue weighted by Crippen LogP contribution is 2.26. The number of anilines is 2. The number of alkyl halides is 2. The first kappa shape index (κ1) is 20.6. The number of nitrogens with two attached hydrogens (primary N) is 1. The molecule has 2 amide bonds. The number of benzene rings is 1. The molecule has 31 heavy (non-hydrogen) atoms. The Labute approximate surface area is 176 Å². The molecule has 1 saturated heterocycles. The lowest BCUT2D eigenvalue weighted by atomic mass is 9.96. The Morgan fingerprint density at radius 3 is 2.45 bits per heavy atom. The Bertz CT molecular complexity index is 1070. The van der Waals surface area contributed by atoms with Gasteiger partial charge in [0.15, 0.2) is 5.82 Å². The fourth-order valence-corrected chi connectivity index (χ4v) is 3.24. The lowest BCUT2D eigenvalue weighted by Gasteiger charge is -2.38. The number of hydrogen-bond acceptors (Lipinski definition) is 5. The van der Waals surface area contributed by atoms with E-state index in [-0.39, 0.29) is 29.1 Å². The van der Waals surface area contributed by atoms with Gasteiger partial charge in [-0.1, -0.05) is 0 Å². The van der Waals surface area contributed by atoms with Crippen LogP contribution in [0.2, 0.25) is 0 Å². The van der Waals surface area contributed by atoms with Gasteiger partial charge < -0.3 is 10.6 Å². The lowest BCUT2D eigenvalue weighted by Crippen LogP contribution is -2.52. The van der Waals surface area contributed by atoms with E-state index in [1.54, 1.807) is 29.2 Å². The van der Waals surface area contributed by atoms with Crippen molar-refractivity contribution in [3.8, 4) is 11.3 Å². The number of nitrogens with one attached hydrogen (secondary N) is 1. The zero-order valence-corrected chi connectivity index (χ0v) is 16.3. The summed E-state index contributed by atoms with van der Waals surface area (Å²) in [5, 5.41) is 2.70. The third kappa shape index (κ3) is 4.73. The minimum atomic E-state index is -2.60. The van der Waals surface area contributed by atoms with Gasteiger partial charge in [0.2, 0.25) is 0 Å². The molecule has 2 aromatic heterocycles. The number of likely N-dealkylation sites (tertiary alicyclic amines) is 1. The number of carbonyl (C=O) groups is 1. The molecule has 1 fully saturated rings. The van der Waals surface area contributed by atoms with Crippen LogP contribution in [0.15, 0.2) is 48.8 Å². The highest BCUT2D eigenvalue weighted by atomic mass is 19.3. The first-order chi connectivity index (χ1) is 14.9. The van der Waals surface area contributed by atoms with E-state index >= 15 is 0 Å². The van der Waals surface area contributed by atoms with Gasteiger partial charge >= 0.3 is 6.03 Å². The van der Waals surface area contributed by atoms with Gasteiger partial charge in [0.05, 0.1) is 16.9 Å². The maximum absolute atomic E-state index is 13.1. The Morgan fingerprint density at radius 2 is 1.81 bits per heavy atom. The molecule has 0 unspecified atom stereocenters. The molecule has 4 rings (SSSR count). The van der Waals surface area contributed by atoms with E-state index in [1.165, 1.54) is 12.1 Å². The molecular formula is C21H19F3N6O. The zero-order chi connectivity index (χ0) is 22.0. The van der Waals surface area contributed by atoms with Gasteiger partial charge in [-0.2, -0.15) is 0 Å². The van der Waals surface area contributed by atoms with Gasteiger partial charge in [0, 0.05) is 43.4 Å². The van der Waals surface area contributed by atoms with Gasteiger partial charge in [0.25, 0.3) is 6.43 Å². The number of urea groups is 1. The SMILES string of the molecule is Nc1ccc(-c2ccc(F)cc2)nc1NC(=O)N1CC(Cc2ncc(C(F)F)cn2)C1. The molecule has 10 heteroatoms. The number of halogens is 3. The van der Waals surface area contributed by atoms with Crippen LogP contribution in [0.1, 0.15) is 17.8 Å². The monoisotopic (exact) mass is 428 g/mol. The van der Waals surface area contributed by atoms with Crippen LogP contribution < -0.4 is 11.1 Å². The molecule has 0 radical (unpaired) electrons. The van der Waals surface area contributed by atoms with Gasteiger partial charge in [-0.15, -0.1) is 0 Å². The van der Waals surface area contributed by atoms with Crippen molar-refractivity contribution < 1.29 is 18.0 Å². The highest BCUT2D eigenvalue weighted by molar-refractivity contribution is 5.92. The van der Waals surface area contributed by atoms with Crippen LogP contribution in [0.3, 0.4) is 0 Å². The lowest BCUT2D eigenvalue weighted by molar-refractivity contribution is 0.129. The molecule has 3 N–H and O–H groups in total. The van der Waals surface area contributed by atoms with Gasteiger partial charge in [-0.25, -0.2) is 32.9 Å². The molecule has 1 aliphatic heterocycles. The van der Waals surface area contributed by atoms with Gasteiger partial charge in [-0.05, 0) is 36.4 Å². The zero-order valence-electron chi connectivity index (χ0n) is 16.3. The molecule has 0 atom stereocenters. The maximum Gasteiger partial charge on any atom is 0.323 e. The number of nitrogen functional groups attached to an aromatic ring is 1. The van der Waals surface area contributed by atoms with Crippen molar-refractivity contribution in [2.75, 3.05) is 24.1 Å². The summed E-state index contributed by atoms with van der Waals surface area (Å²) in [7, 11) is 0. The molecule has 0 spiro atoms. The third-order valence-electron chi connectivity index (χ3n) is 4.98. The van der Waals surface area contributed by atoms with Crippen LogP contribution in [0, 0.1) is 11.7 Å². The number of aromatic nitrogens is 3. The highest BCUT2D eigenvalue weighted by Gasteiger charge is 2.31. The first-order valence-electron chi connectivity index (χ1n) is 9.56. The van der Waals surface area contributed by atoms with Crippen molar-refractivity contribution in [2.24, 2.45) is 5.92 Å². The van der Waals surface area contributed by atoms with Crippen molar-refractivity contribution in [3.63, 3.8) is 0 Å². The van der Waals surface area contributed by atoms with Crippen LogP contribution in [0.25, 0.3) is 11.3 Å². The molecule has 0 bridgehead atoms. The fraction of sp³-hybridized carbons (Fsp3) is 0.238. The van der Waals surface area contributed by atoms with E-state index in [2.05, 4.69) is 20.3 Å². The second kappa shape index (κ2) is 8.58. The number of amides is 2. The first-order valence-corrected chi connectivity index (χ1v) is 9.56. The molecule has 0 aliphatic carbocycles. The van der Waals surface area contributed by atoms with E-state index in [0.29, 0.717) is 42.3 Å². The predicted octanol–water partition coefficient (Wildman–Crippen LogP) is 3.90. The van der Waals surface area contributed by atoms with E-state index in [1.807, 2.05) is 0 Å². The van der Waals surface area contributed by atoms with Crippen molar-refractivity contribution in [1.82, 2.24) is 19.9 Å². The molecular weight excluding hydrogens is 409 g/mol. The van der Waals surface area contributed by atoms with E-state index in [0.717, 1.165) is 12.4 Å². The topological polar surface area (TPSA) is 97.0 Å². The molecule has 1 aliphatic rings. The molecule has 1 aromatic carbocycles. The third-order valence-corrected chi connectivity index (χ3v) is 4.98. The number of rotatable bonds is 5. The van der Waals surface area contributed by atoms with Crippen molar-refractivity contribution >= 4 is 17.5 Å². The van der Waals surface area contributed by atoms with Gasteiger partial charge in [-0.3, -0.25) is 5.32 Å². The summed E-state index contributed by atoms with van der Waals surface area (Å²) in [6.07, 6.45) is 0.144. The fourth-order valence-electron chi connectivity index (χ4n) is 3.24. The molecule has 7 nitrogen and oxygen atoms in total. The molecule has 160 valence electrons. The standard InChI is InChI=1S/C21H19F3N6O/c22-15-3-1-13(2-4-15)17-6-5-16(25)20(28-17)29-21(31)30-10-12(11-30)7-18-26-8-14(9-27-18)19(23)24/h1-6,8-9,12,19H,7,10-11,25H2,(H,28,29,31). The van der Waals surface area contributed by atoms with Crippen LogP contribution in [0.5, 0.6) is 0 Å². The van der Waals surface area contributed by atoms with Crippen LogP contribution >= 0.6 is 0 Å². The maximum atomic E-state index is 13.1. The number of nitrogens with zero attached hydrogens (tertiary/aromatic N) is 4. The minimum Gasteiger partial charge on any atom is -0.396 e. The Kier molecular flexibility index (Phi) is 5.70. The van der Waals surface area contributed by atoms with Crippen molar-refractivity contribution in [2.45, 2.75) is 12.8 Å². The second-order valence-electron chi connectivity index (χ2n) is 7.28. The summed E-state index contributed by atoms with van der Waals surface area (Å²) in [6, 6.07) is 8.82. The number of carbonyl (C=O) groups excluding carboxylic acids is 1. The van der Waals surface area contributed by atoms with Crippen LogP contribution in [-0.4, -0.2) is 39.0 Å². The predicted molar refractivity (Wildman–Crippen MR) is 109 cm³/mol. The largest absolute Gasteiger partial charge is 0.396 e. The molecule has 3 aromatic rings. The average Bonchev–Trinajstić information content (AvgIpc) is 2.73. The van der Waals surface area contributed by atoms with Crippen molar-refractivity contribution in [1.29, 1.82) is 0 Å². The second-order valence-corrected chi connectivity index (χ2v) is 7.28.